The molecular formula is C15H11NaO3. The monoisotopic (exact) mass is 262 g/mol. The molecule has 3 rings (SSSR count). The van der Waals surface area contributed by atoms with Gasteiger partial charge in [-0.2, -0.15) is 0 Å². The number of hydrogen-bond donors (Lipinski definition) is 0. The zero-order valence-electron chi connectivity index (χ0n) is 10.5. The Kier molecular flexibility index (Phi) is 5.51. The van der Waals surface area contributed by atoms with Gasteiger partial charge in [-0.15, -0.1) is 0 Å². The fourth-order valence-corrected chi connectivity index (χ4v) is 1.89. The maximum atomic E-state index is 12.3. The van der Waals surface area contributed by atoms with Crippen LogP contribution in [0.4, 0.5) is 0 Å². The van der Waals surface area contributed by atoms with Gasteiger partial charge in [-0.1, -0.05) is 42.5 Å². The molecule has 0 bridgehead atoms. The molecule has 0 saturated heterocycles. The molecule has 0 spiro atoms. The summed E-state index contributed by atoms with van der Waals surface area (Å²) in [5.41, 5.74) is 2.12. The van der Waals surface area contributed by atoms with E-state index in [0.29, 0.717) is 16.5 Å². The van der Waals surface area contributed by atoms with E-state index >= 15 is 0 Å². The first-order valence-corrected chi connectivity index (χ1v) is 5.42. The van der Waals surface area contributed by atoms with E-state index in [1.54, 1.807) is 12.1 Å². The van der Waals surface area contributed by atoms with Crippen molar-refractivity contribution in [3.05, 3.63) is 71.1 Å². The van der Waals surface area contributed by atoms with Gasteiger partial charge < -0.3 is 9.89 Å². The molecule has 0 aliphatic rings. The van der Waals surface area contributed by atoms with Crippen LogP contribution in [-0.2, 0) is 0 Å². The van der Waals surface area contributed by atoms with Gasteiger partial charge in [-0.05, 0) is 17.7 Å². The maximum Gasteiger partial charge on any atom is 1.00 e. The quantitative estimate of drug-likeness (QED) is 0.592. The number of benzene rings is 2. The third-order valence-corrected chi connectivity index (χ3v) is 2.76. The van der Waals surface area contributed by atoms with Crippen molar-refractivity contribution in [2.75, 3.05) is 0 Å². The van der Waals surface area contributed by atoms with Crippen molar-refractivity contribution >= 4 is 11.0 Å². The second-order valence-corrected chi connectivity index (χ2v) is 3.84. The van der Waals surface area contributed by atoms with Gasteiger partial charge >= 0.3 is 29.6 Å². The molecule has 4 heteroatoms. The van der Waals surface area contributed by atoms with Crippen LogP contribution in [0.1, 0.15) is 0 Å². The molecule has 0 atom stereocenters. The minimum Gasteiger partial charge on any atom is -0.870 e. The Bertz CT molecular complexity index is 720. The molecule has 1 aromatic heterocycles. The molecule has 0 radical (unpaired) electrons. The first-order valence-electron chi connectivity index (χ1n) is 5.42. The minimum atomic E-state index is 0. The summed E-state index contributed by atoms with van der Waals surface area (Å²) in [4.78, 5) is 12.3. The van der Waals surface area contributed by atoms with Crippen LogP contribution < -0.4 is 35.0 Å². The van der Waals surface area contributed by atoms with Crippen LogP contribution in [0.2, 0.25) is 0 Å². The van der Waals surface area contributed by atoms with Crippen LogP contribution >= 0.6 is 0 Å². The van der Waals surface area contributed by atoms with E-state index < -0.39 is 0 Å². The molecule has 1 N–H and O–H groups in total. The number of hydrogen-bond acceptors (Lipinski definition) is 3. The fourth-order valence-electron chi connectivity index (χ4n) is 1.89. The van der Waals surface area contributed by atoms with E-state index in [2.05, 4.69) is 0 Å². The van der Waals surface area contributed by atoms with Crippen molar-refractivity contribution in [2.24, 2.45) is 0 Å². The van der Waals surface area contributed by atoms with Gasteiger partial charge in [0.2, 0.25) is 0 Å². The van der Waals surface area contributed by atoms with Crippen LogP contribution in [0, 0.1) is 0 Å². The first-order chi connectivity index (χ1) is 8.36. The Morgan fingerprint density at radius 2 is 1.47 bits per heavy atom. The average Bonchev–Trinajstić information content (AvgIpc) is 2.40. The molecular weight excluding hydrogens is 251 g/mol. The van der Waals surface area contributed by atoms with Crippen LogP contribution in [0.15, 0.2) is 70.1 Å². The molecule has 3 nitrogen and oxygen atoms in total. The fraction of sp³-hybridized carbons (Fsp3) is 0. The van der Waals surface area contributed by atoms with Gasteiger partial charge in [0.25, 0.3) is 0 Å². The molecule has 0 saturated carbocycles. The Morgan fingerprint density at radius 3 is 2.21 bits per heavy atom. The number of para-hydroxylation sites is 1. The Balaban J connectivity index is 0.000000902. The van der Waals surface area contributed by atoms with Gasteiger partial charge in [0.05, 0.1) is 10.9 Å². The number of fused-ring (bicyclic) bond motifs is 1. The normalized spacial score (nSPS) is 9.47. The molecule has 0 aliphatic heterocycles. The maximum absolute atomic E-state index is 12.3. The van der Waals surface area contributed by atoms with Gasteiger partial charge in [0.15, 0.2) is 5.43 Å². The average molecular weight is 262 g/mol. The van der Waals surface area contributed by atoms with Gasteiger partial charge in [0.1, 0.15) is 11.8 Å². The number of rotatable bonds is 1. The topological polar surface area (TPSA) is 60.2 Å². The van der Waals surface area contributed by atoms with E-state index in [4.69, 9.17) is 4.42 Å². The molecule has 0 amide bonds. The summed E-state index contributed by atoms with van der Waals surface area (Å²) in [6.45, 7) is 0. The van der Waals surface area contributed by atoms with Crippen molar-refractivity contribution in [3.8, 4) is 11.1 Å². The van der Waals surface area contributed by atoms with Crippen molar-refractivity contribution in [1.29, 1.82) is 0 Å². The predicted molar refractivity (Wildman–Crippen MR) is 69.9 cm³/mol. The zero-order chi connectivity index (χ0) is 11.7. The molecule has 1 heterocycles. The summed E-state index contributed by atoms with van der Waals surface area (Å²) in [5, 5.41) is 0.619. The molecule has 19 heavy (non-hydrogen) atoms. The summed E-state index contributed by atoms with van der Waals surface area (Å²) < 4.78 is 5.48. The Labute approximate surface area is 132 Å². The van der Waals surface area contributed by atoms with Crippen LogP contribution in [0.3, 0.4) is 0 Å². The minimum absolute atomic E-state index is 0. The standard InChI is InChI=1S/C15H10O2.Na.H2O/c16-15-12-8-4-5-9-14(12)17-10-13(15)11-6-2-1-3-7-11;;/h1-10H;;1H2/q;+1;/p-1. The third-order valence-electron chi connectivity index (χ3n) is 2.76. The second-order valence-electron chi connectivity index (χ2n) is 3.84. The zero-order valence-corrected chi connectivity index (χ0v) is 12.5. The third kappa shape index (κ3) is 2.96. The van der Waals surface area contributed by atoms with Gasteiger partial charge in [-0.25, -0.2) is 0 Å². The summed E-state index contributed by atoms with van der Waals surface area (Å²) in [6.07, 6.45) is 1.53. The van der Waals surface area contributed by atoms with E-state index in [-0.39, 0.29) is 40.5 Å². The van der Waals surface area contributed by atoms with Gasteiger partial charge in [0, 0.05) is 0 Å². The Morgan fingerprint density at radius 1 is 0.842 bits per heavy atom. The SMILES string of the molecule is O=c1c(-c2ccccc2)coc2ccccc12.[Na+].[OH-]. The largest absolute Gasteiger partial charge is 1.00 e. The van der Waals surface area contributed by atoms with Crippen molar-refractivity contribution in [1.82, 2.24) is 0 Å². The van der Waals surface area contributed by atoms with Crippen LogP contribution in [-0.4, -0.2) is 5.48 Å². The molecule has 2 aromatic carbocycles. The van der Waals surface area contributed by atoms with Crippen molar-refractivity contribution in [2.45, 2.75) is 0 Å². The molecule has 90 valence electrons. The molecule has 0 fully saturated rings. The van der Waals surface area contributed by atoms with Crippen molar-refractivity contribution < 1.29 is 39.5 Å². The first kappa shape index (κ1) is 15.7. The Hall–Kier alpha value is -1.39. The van der Waals surface area contributed by atoms with E-state index in [0.717, 1.165) is 5.56 Å². The predicted octanol–water partition coefficient (Wildman–Crippen LogP) is 0.287. The summed E-state index contributed by atoms with van der Waals surface area (Å²) >= 11 is 0. The molecule has 0 aliphatic carbocycles. The van der Waals surface area contributed by atoms with Gasteiger partial charge in [-0.3, -0.25) is 4.79 Å². The van der Waals surface area contributed by atoms with Crippen LogP contribution in [0.25, 0.3) is 22.1 Å². The smallest absolute Gasteiger partial charge is 0.870 e. The second kappa shape index (κ2) is 6.68. The van der Waals surface area contributed by atoms with Crippen LogP contribution in [0.5, 0.6) is 0 Å². The van der Waals surface area contributed by atoms with Crippen molar-refractivity contribution in [3.63, 3.8) is 0 Å². The summed E-state index contributed by atoms with van der Waals surface area (Å²) in [5.74, 6) is 0. The summed E-state index contributed by atoms with van der Waals surface area (Å²) in [6, 6.07) is 16.8. The van der Waals surface area contributed by atoms with E-state index in [9.17, 15) is 4.79 Å². The van der Waals surface area contributed by atoms with E-state index in [1.807, 2.05) is 42.5 Å². The summed E-state index contributed by atoms with van der Waals surface area (Å²) in [7, 11) is 0. The molecule has 3 aromatic rings. The molecule has 0 unspecified atom stereocenters. The van der Waals surface area contributed by atoms with E-state index in [1.165, 1.54) is 6.26 Å².